The highest BCUT2D eigenvalue weighted by molar-refractivity contribution is 5.88. The van der Waals surface area contributed by atoms with Gasteiger partial charge < -0.3 is 15.9 Å². The van der Waals surface area contributed by atoms with E-state index in [4.69, 9.17) is 10.8 Å². The van der Waals surface area contributed by atoms with E-state index in [1.54, 1.807) is 24.3 Å². The Morgan fingerprint density at radius 3 is 2.06 bits per heavy atom. The summed E-state index contributed by atoms with van der Waals surface area (Å²) in [6, 6.07) is 11.3. The van der Waals surface area contributed by atoms with Crippen LogP contribution in [-0.4, -0.2) is 16.2 Å². The van der Waals surface area contributed by atoms with Gasteiger partial charge in [0.25, 0.3) is 0 Å². The maximum absolute atomic E-state index is 10.7. The molecule has 5 heteroatoms. The smallest absolute Gasteiger partial charge is 0.335 e. The van der Waals surface area contributed by atoms with E-state index in [1.807, 2.05) is 0 Å². The summed E-state index contributed by atoms with van der Waals surface area (Å²) < 4.78 is 0. The highest BCUT2D eigenvalue weighted by Crippen LogP contribution is 2.27. The minimum atomic E-state index is -0.957. The van der Waals surface area contributed by atoms with Crippen LogP contribution < -0.4 is 5.73 Å². The molecule has 18 heavy (non-hydrogen) atoms. The van der Waals surface area contributed by atoms with Crippen molar-refractivity contribution in [2.75, 3.05) is 5.73 Å². The van der Waals surface area contributed by atoms with Gasteiger partial charge in [-0.05, 0) is 35.4 Å². The molecule has 0 fully saturated rings. The highest BCUT2D eigenvalue weighted by atomic mass is 35.5. The van der Waals surface area contributed by atoms with Gasteiger partial charge in [0.15, 0.2) is 0 Å². The van der Waals surface area contributed by atoms with Crippen LogP contribution in [0.25, 0.3) is 11.1 Å². The van der Waals surface area contributed by atoms with Crippen molar-refractivity contribution in [3.05, 3.63) is 48.0 Å². The van der Waals surface area contributed by atoms with E-state index < -0.39 is 5.97 Å². The quantitative estimate of drug-likeness (QED) is 0.576. The number of aromatic carboxylic acids is 1. The van der Waals surface area contributed by atoms with Gasteiger partial charge >= 0.3 is 5.97 Å². The van der Waals surface area contributed by atoms with Gasteiger partial charge in [-0.1, -0.05) is 18.2 Å². The van der Waals surface area contributed by atoms with E-state index in [9.17, 15) is 9.90 Å². The lowest BCUT2D eigenvalue weighted by Crippen LogP contribution is -1.95. The van der Waals surface area contributed by atoms with Crippen LogP contribution in [0.3, 0.4) is 0 Å². The number of phenolic OH excluding ortho intramolecular Hbond substituents is 1. The number of benzene rings is 2. The zero-order valence-corrected chi connectivity index (χ0v) is 10.1. The van der Waals surface area contributed by atoms with Crippen LogP contribution in [0.15, 0.2) is 42.5 Å². The van der Waals surface area contributed by atoms with Crippen LogP contribution >= 0.6 is 12.4 Å². The summed E-state index contributed by atoms with van der Waals surface area (Å²) in [6.07, 6.45) is 0. The Labute approximate surface area is 110 Å². The van der Waals surface area contributed by atoms with Crippen LogP contribution in [0.5, 0.6) is 5.75 Å². The molecular formula is C13H12ClNO3. The molecule has 0 heterocycles. The molecule has 0 amide bonds. The molecule has 2 aromatic rings. The minimum absolute atomic E-state index is 0. The molecule has 0 aliphatic rings. The number of carboxylic acid groups (broad SMARTS) is 1. The Bertz CT molecular complexity index is 567. The second-order valence-electron chi connectivity index (χ2n) is 3.66. The van der Waals surface area contributed by atoms with Gasteiger partial charge in [0, 0.05) is 0 Å². The molecule has 0 atom stereocenters. The maximum Gasteiger partial charge on any atom is 0.335 e. The second kappa shape index (κ2) is 5.42. The Morgan fingerprint density at radius 2 is 1.56 bits per heavy atom. The fourth-order valence-corrected chi connectivity index (χ4v) is 1.54. The molecule has 94 valence electrons. The number of nitrogen functional groups attached to an aromatic ring is 1. The molecule has 0 radical (unpaired) electrons. The predicted octanol–water partition coefficient (Wildman–Crippen LogP) is 2.76. The summed E-state index contributed by atoms with van der Waals surface area (Å²) >= 11 is 0. The van der Waals surface area contributed by atoms with Crippen LogP contribution in [0.1, 0.15) is 10.4 Å². The maximum atomic E-state index is 10.7. The molecule has 0 aliphatic heterocycles. The van der Waals surface area contributed by atoms with Crippen LogP contribution in [-0.2, 0) is 0 Å². The first-order chi connectivity index (χ1) is 8.08. The second-order valence-corrected chi connectivity index (χ2v) is 3.66. The van der Waals surface area contributed by atoms with Gasteiger partial charge in [0.05, 0.1) is 11.3 Å². The highest BCUT2D eigenvalue weighted by Gasteiger charge is 2.04. The summed E-state index contributed by atoms with van der Waals surface area (Å²) in [5.74, 6) is -0.919. The van der Waals surface area contributed by atoms with E-state index in [0.29, 0.717) is 5.69 Å². The lowest BCUT2D eigenvalue weighted by Gasteiger charge is -2.05. The molecule has 0 spiro atoms. The summed E-state index contributed by atoms with van der Waals surface area (Å²) in [7, 11) is 0. The molecule has 0 bridgehead atoms. The van der Waals surface area contributed by atoms with Gasteiger partial charge in [0.1, 0.15) is 5.75 Å². The molecular weight excluding hydrogens is 254 g/mol. The Morgan fingerprint density at radius 1 is 1.00 bits per heavy atom. The molecule has 4 N–H and O–H groups in total. The van der Waals surface area contributed by atoms with Crippen molar-refractivity contribution in [3.8, 4) is 16.9 Å². The number of carboxylic acids is 1. The largest absolute Gasteiger partial charge is 0.506 e. The zero-order valence-electron chi connectivity index (χ0n) is 9.33. The number of hydrogen-bond acceptors (Lipinski definition) is 3. The first kappa shape index (κ1) is 13.9. The summed E-state index contributed by atoms with van der Waals surface area (Å²) in [5, 5.41) is 18.1. The Kier molecular flexibility index (Phi) is 4.18. The topological polar surface area (TPSA) is 83.6 Å². The van der Waals surface area contributed by atoms with Gasteiger partial charge in [-0.3, -0.25) is 0 Å². The lowest BCUT2D eigenvalue weighted by atomic mass is 10.0. The number of hydrogen-bond donors (Lipinski definition) is 3. The minimum Gasteiger partial charge on any atom is -0.506 e. The fourth-order valence-electron chi connectivity index (χ4n) is 1.54. The van der Waals surface area contributed by atoms with Crippen molar-refractivity contribution in [1.82, 2.24) is 0 Å². The summed E-state index contributed by atoms with van der Waals surface area (Å²) in [5.41, 5.74) is 7.80. The lowest BCUT2D eigenvalue weighted by molar-refractivity contribution is 0.0697. The van der Waals surface area contributed by atoms with Crippen LogP contribution in [0.2, 0.25) is 0 Å². The molecule has 2 rings (SSSR count). The van der Waals surface area contributed by atoms with E-state index >= 15 is 0 Å². The van der Waals surface area contributed by atoms with Crippen LogP contribution in [0, 0.1) is 0 Å². The van der Waals surface area contributed by atoms with Gasteiger partial charge in [-0.25, -0.2) is 4.79 Å². The number of phenols is 1. The SMILES string of the molecule is Cl.Nc1cc(-c2ccc(C(=O)O)cc2)ccc1O. The van der Waals surface area contributed by atoms with E-state index in [1.165, 1.54) is 18.2 Å². The van der Waals surface area contributed by atoms with Gasteiger partial charge in [0.2, 0.25) is 0 Å². The molecule has 0 aliphatic carbocycles. The van der Waals surface area contributed by atoms with Gasteiger partial charge in [-0.2, -0.15) is 0 Å². The monoisotopic (exact) mass is 265 g/mol. The molecule has 0 unspecified atom stereocenters. The predicted molar refractivity (Wildman–Crippen MR) is 72.2 cm³/mol. The molecule has 0 saturated carbocycles. The van der Waals surface area contributed by atoms with Crippen molar-refractivity contribution in [1.29, 1.82) is 0 Å². The number of nitrogens with two attached hydrogens (primary N) is 1. The fraction of sp³-hybridized carbons (Fsp3) is 0. The number of rotatable bonds is 2. The van der Waals surface area contributed by atoms with E-state index in [-0.39, 0.29) is 23.7 Å². The third-order valence-corrected chi connectivity index (χ3v) is 2.49. The Hall–Kier alpha value is -2.20. The van der Waals surface area contributed by atoms with Crippen molar-refractivity contribution < 1.29 is 15.0 Å². The normalized spacial score (nSPS) is 9.56. The zero-order chi connectivity index (χ0) is 12.4. The Balaban J connectivity index is 0.00000162. The first-order valence-electron chi connectivity index (χ1n) is 5.00. The van der Waals surface area contributed by atoms with Gasteiger partial charge in [-0.15, -0.1) is 12.4 Å². The van der Waals surface area contributed by atoms with Crippen molar-refractivity contribution in [3.63, 3.8) is 0 Å². The standard InChI is InChI=1S/C13H11NO3.ClH/c14-11-7-10(5-6-12(11)15)8-1-3-9(4-2-8)13(16)17;/h1-7,15H,14H2,(H,16,17);1H. The number of halogens is 1. The molecule has 0 saturated heterocycles. The van der Waals surface area contributed by atoms with E-state index in [2.05, 4.69) is 0 Å². The number of anilines is 1. The average Bonchev–Trinajstić information content (AvgIpc) is 2.33. The summed E-state index contributed by atoms with van der Waals surface area (Å²) in [6.45, 7) is 0. The first-order valence-corrected chi connectivity index (χ1v) is 5.00. The average molecular weight is 266 g/mol. The van der Waals surface area contributed by atoms with E-state index in [0.717, 1.165) is 11.1 Å². The third kappa shape index (κ3) is 2.73. The molecule has 4 nitrogen and oxygen atoms in total. The third-order valence-electron chi connectivity index (χ3n) is 2.49. The number of carbonyl (C=O) groups is 1. The van der Waals surface area contributed by atoms with Crippen molar-refractivity contribution in [2.24, 2.45) is 0 Å². The van der Waals surface area contributed by atoms with Crippen LogP contribution in [0.4, 0.5) is 5.69 Å². The van der Waals surface area contributed by atoms with Crippen molar-refractivity contribution >= 4 is 24.1 Å². The summed E-state index contributed by atoms with van der Waals surface area (Å²) in [4.78, 5) is 10.7. The number of aromatic hydroxyl groups is 1. The van der Waals surface area contributed by atoms with Crippen molar-refractivity contribution in [2.45, 2.75) is 0 Å². The molecule has 2 aromatic carbocycles. The molecule has 0 aromatic heterocycles.